The smallest absolute Gasteiger partial charge is 0.282 e. The number of nitro groups is 1. The lowest BCUT2D eigenvalue weighted by Gasteiger charge is -2.10. The number of nitro benzene ring substituents is 1. The molecule has 0 saturated heterocycles. The van der Waals surface area contributed by atoms with Gasteiger partial charge in [0.05, 0.1) is 25.6 Å². The van der Waals surface area contributed by atoms with Crippen LogP contribution in [0.3, 0.4) is 0 Å². The van der Waals surface area contributed by atoms with Gasteiger partial charge in [-0.25, -0.2) is 4.98 Å². The van der Waals surface area contributed by atoms with Gasteiger partial charge in [0.1, 0.15) is 18.2 Å². The highest BCUT2D eigenvalue weighted by molar-refractivity contribution is 14.1. The molecule has 0 fully saturated rings. The molecular formula is C25H20BrIN4O4. The standard InChI is InChI=1S/C25H20BrIN4O4/c1-2-3-24-29-22-10-7-18(26)13-20(22)25(32)30(24)28-14-17-6-11-23(21(27)12-17)35-15-16-4-8-19(9-5-16)31(33)34/h4-14H,2-3,15H2,1H3. The molecule has 4 rings (SSSR count). The van der Waals surface area contributed by atoms with Crippen LogP contribution in [0.4, 0.5) is 5.69 Å². The summed E-state index contributed by atoms with van der Waals surface area (Å²) in [6.07, 6.45) is 3.10. The largest absolute Gasteiger partial charge is 0.488 e. The Labute approximate surface area is 223 Å². The third kappa shape index (κ3) is 5.93. The summed E-state index contributed by atoms with van der Waals surface area (Å²) < 4.78 is 8.92. The predicted molar refractivity (Wildman–Crippen MR) is 147 cm³/mol. The zero-order valence-corrected chi connectivity index (χ0v) is 22.4. The minimum Gasteiger partial charge on any atom is -0.488 e. The molecule has 178 valence electrons. The van der Waals surface area contributed by atoms with Crippen LogP contribution in [0, 0.1) is 13.7 Å². The van der Waals surface area contributed by atoms with Crippen molar-refractivity contribution in [2.75, 3.05) is 0 Å². The van der Waals surface area contributed by atoms with E-state index >= 15 is 0 Å². The third-order valence-electron chi connectivity index (χ3n) is 5.17. The topological polar surface area (TPSA) is 99.6 Å². The molecular weight excluding hydrogens is 627 g/mol. The first-order valence-electron chi connectivity index (χ1n) is 10.8. The van der Waals surface area contributed by atoms with Gasteiger partial charge in [0, 0.05) is 23.0 Å². The molecule has 0 N–H and O–H groups in total. The van der Waals surface area contributed by atoms with E-state index in [2.05, 4.69) is 48.6 Å². The number of fused-ring (bicyclic) bond motifs is 1. The van der Waals surface area contributed by atoms with Gasteiger partial charge in [-0.05, 0) is 88.7 Å². The summed E-state index contributed by atoms with van der Waals surface area (Å²) >= 11 is 5.59. The molecule has 1 aromatic heterocycles. The van der Waals surface area contributed by atoms with Gasteiger partial charge >= 0.3 is 0 Å². The van der Waals surface area contributed by atoms with E-state index in [0.717, 1.165) is 25.6 Å². The van der Waals surface area contributed by atoms with E-state index in [1.165, 1.54) is 16.8 Å². The first-order valence-corrected chi connectivity index (χ1v) is 12.6. The molecule has 0 amide bonds. The molecule has 8 nitrogen and oxygen atoms in total. The van der Waals surface area contributed by atoms with Crippen molar-refractivity contribution in [2.24, 2.45) is 5.10 Å². The fourth-order valence-corrected chi connectivity index (χ4v) is 4.47. The van der Waals surface area contributed by atoms with Crippen molar-refractivity contribution in [1.29, 1.82) is 0 Å². The lowest BCUT2D eigenvalue weighted by molar-refractivity contribution is -0.384. The number of aryl methyl sites for hydroxylation is 1. The number of halogens is 2. The van der Waals surface area contributed by atoms with Crippen LogP contribution in [0.25, 0.3) is 10.9 Å². The Morgan fingerprint density at radius 1 is 1.17 bits per heavy atom. The molecule has 4 aromatic rings. The Bertz CT molecular complexity index is 1490. The number of benzene rings is 3. The van der Waals surface area contributed by atoms with Crippen LogP contribution in [-0.4, -0.2) is 20.8 Å². The van der Waals surface area contributed by atoms with Crippen LogP contribution >= 0.6 is 38.5 Å². The highest BCUT2D eigenvalue weighted by Gasteiger charge is 2.11. The molecule has 0 aliphatic rings. The van der Waals surface area contributed by atoms with E-state index in [-0.39, 0.29) is 17.9 Å². The van der Waals surface area contributed by atoms with Crippen LogP contribution < -0.4 is 10.3 Å². The zero-order valence-electron chi connectivity index (χ0n) is 18.6. The Hall–Kier alpha value is -3.12. The van der Waals surface area contributed by atoms with Gasteiger partial charge < -0.3 is 4.74 Å². The summed E-state index contributed by atoms with van der Waals surface area (Å²) in [7, 11) is 0. The summed E-state index contributed by atoms with van der Waals surface area (Å²) in [6.45, 7) is 2.32. The quantitative estimate of drug-likeness (QED) is 0.0999. The van der Waals surface area contributed by atoms with E-state index < -0.39 is 4.92 Å². The predicted octanol–water partition coefficient (Wildman–Crippen LogP) is 6.09. The van der Waals surface area contributed by atoms with E-state index in [1.54, 1.807) is 24.4 Å². The van der Waals surface area contributed by atoms with Crippen molar-refractivity contribution in [3.63, 3.8) is 0 Å². The molecule has 0 unspecified atom stereocenters. The first kappa shape index (κ1) is 25.0. The molecule has 1 heterocycles. The highest BCUT2D eigenvalue weighted by Crippen LogP contribution is 2.23. The van der Waals surface area contributed by atoms with E-state index in [0.29, 0.717) is 28.9 Å². The second-order valence-corrected chi connectivity index (χ2v) is 9.78. The van der Waals surface area contributed by atoms with Gasteiger partial charge in [0.2, 0.25) is 0 Å². The maximum Gasteiger partial charge on any atom is 0.282 e. The Morgan fingerprint density at radius 2 is 1.94 bits per heavy atom. The summed E-state index contributed by atoms with van der Waals surface area (Å²) in [5.41, 5.74) is 2.12. The van der Waals surface area contributed by atoms with Crippen molar-refractivity contribution in [1.82, 2.24) is 9.66 Å². The van der Waals surface area contributed by atoms with Crippen molar-refractivity contribution >= 4 is 61.3 Å². The van der Waals surface area contributed by atoms with Crippen LogP contribution in [0.15, 0.2) is 75.0 Å². The Balaban J connectivity index is 1.55. The number of nitrogens with zero attached hydrogens (tertiary/aromatic N) is 4. The van der Waals surface area contributed by atoms with Gasteiger partial charge in [-0.2, -0.15) is 9.78 Å². The maximum absolute atomic E-state index is 13.1. The van der Waals surface area contributed by atoms with Crippen LogP contribution in [0.1, 0.15) is 30.3 Å². The summed E-state index contributed by atoms with van der Waals surface area (Å²) in [6, 6.07) is 17.3. The average molecular weight is 647 g/mol. The van der Waals surface area contributed by atoms with Crippen LogP contribution in [0.2, 0.25) is 0 Å². The van der Waals surface area contributed by atoms with E-state index in [1.807, 2.05) is 37.3 Å². The molecule has 0 radical (unpaired) electrons. The van der Waals surface area contributed by atoms with Crippen molar-refractivity contribution in [3.8, 4) is 5.75 Å². The third-order valence-corrected chi connectivity index (χ3v) is 6.50. The van der Waals surface area contributed by atoms with Crippen LogP contribution in [0.5, 0.6) is 5.75 Å². The molecule has 35 heavy (non-hydrogen) atoms. The fraction of sp³-hybridized carbons (Fsp3) is 0.160. The van der Waals surface area contributed by atoms with Gasteiger partial charge in [0.25, 0.3) is 11.2 Å². The van der Waals surface area contributed by atoms with Gasteiger partial charge in [0.15, 0.2) is 0 Å². The molecule has 0 bridgehead atoms. The molecule has 0 saturated carbocycles. The van der Waals surface area contributed by atoms with Gasteiger partial charge in [-0.15, -0.1) is 0 Å². The Kier molecular flexibility index (Phi) is 7.91. The first-order chi connectivity index (χ1) is 16.9. The number of aromatic nitrogens is 2. The van der Waals surface area contributed by atoms with Gasteiger partial charge in [-0.1, -0.05) is 22.9 Å². The number of non-ortho nitro benzene ring substituents is 1. The molecule has 10 heteroatoms. The lowest BCUT2D eigenvalue weighted by Crippen LogP contribution is -2.22. The second-order valence-electron chi connectivity index (χ2n) is 7.70. The minimum absolute atomic E-state index is 0.0439. The molecule has 0 atom stereocenters. The highest BCUT2D eigenvalue weighted by atomic mass is 127. The summed E-state index contributed by atoms with van der Waals surface area (Å²) in [5, 5.41) is 15.8. The lowest BCUT2D eigenvalue weighted by atomic mass is 10.2. The SMILES string of the molecule is CCCc1nc2ccc(Br)cc2c(=O)n1N=Cc1ccc(OCc2ccc([N+](=O)[O-])cc2)c(I)c1. The monoisotopic (exact) mass is 646 g/mol. The average Bonchev–Trinajstić information content (AvgIpc) is 2.84. The van der Waals surface area contributed by atoms with Gasteiger partial charge in [-0.3, -0.25) is 14.9 Å². The van der Waals surface area contributed by atoms with Crippen molar-refractivity contribution < 1.29 is 9.66 Å². The van der Waals surface area contributed by atoms with Crippen LogP contribution in [-0.2, 0) is 13.0 Å². The van der Waals surface area contributed by atoms with E-state index in [9.17, 15) is 14.9 Å². The number of ether oxygens (including phenoxy) is 1. The number of hydrogen-bond acceptors (Lipinski definition) is 6. The Morgan fingerprint density at radius 3 is 2.63 bits per heavy atom. The summed E-state index contributed by atoms with van der Waals surface area (Å²) in [5.74, 6) is 1.29. The maximum atomic E-state index is 13.1. The van der Waals surface area contributed by atoms with Crippen molar-refractivity contribution in [3.05, 3.63) is 106 Å². The minimum atomic E-state index is -0.430. The fourth-order valence-electron chi connectivity index (χ4n) is 3.41. The molecule has 3 aromatic carbocycles. The van der Waals surface area contributed by atoms with E-state index in [4.69, 9.17) is 4.74 Å². The normalized spacial score (nSPS) is 11.3. The summed E-state index contributed by atoms with van der Waals surface area (Å²) in [4.78, 5) is 28.1. The number of rotatable bonds is 8. The molecule has 0 spiro atoms. The second kappa shape index (κ2) is 11.1. The van der Waals surface area contributed by atoms with Crippen molar-refractivity contribution in [2.45, 2.75) is 26.4 Å². The molecule has 0 aliphatic carbocycles. The zero-order chi connectivity index (χ0) is 24.9. The molecule has 0 aliphatic heterocycles. The number of hydrogen-bond donors (Lipinski definition) is 0.